The fourth-order valence-electron chi connectivity index (χ4n) is 3.19. The van der Waals surface area contributed by atoms with E-state index in [0.717, 1.165) is 49.5 Å². The number of carbonyl (C=O) groups is 1. The highest BCUT2D eigenvalue weighted by Crippen LogP contribution is 2.33. The summed E-state index contributed by atoms with van der Waals surface area (Å²) in [4.78, 5) is 12.6. The van der Waals surface area contributed by atoms with Gasteiger partial charge in [-0.25, -0.2) is 0 Å². The number of unbranched alkanes of at least 4 members (excludes halogenated alkanes) is 1. The molecule has 0 N–H and O–H groups in total. The van der Waals surface area contributed by atoms with E-state index in [1.165, 1.54) is 19.3 Å². The summed E-state index contributed by atoms with van der Waals surface area (Å²) in [6.07, 6.45) is 8.04. The lowest BCUT2D eigenvalue weighted by Gasteiger charge is -2.27. The maximum absolute atomic E-state index is 12.6. The zero-order valence-electron chi connectivity index (χ0n) is 13.4. The molecule has 0 heterocycles. The molecule has 2 heteroatoms. The van der Waals surface area contributed by atoms with Crippen LogP contribution in [0.2, 0.25) is 0 Å². The van der Waals surface area contributed by atoms with Crippen LogP contribution in [0.4, 0.5) is 0 Å². The molecule has 1 aromatic carbocycles. The molecule has 21 heavy (non-hydrogen) atoms. The van der Waals surface area contributed by atoms with Crippen molar-refractivity contribution in [1.82, 2.24) is 0 Å². The molecule has 0 saturated heterocycles. The van der Waals surface area contributed by atoms with Gasteiger partial charge in [-0.15, -0.1) is 0 Å². The van der Waals surface area contributed by atoms with Gasteiger partial charge < -0.3 is 4.74 Å². The Balaban J connectivity index is 1.93. The predicted molar refractivity (Wildman–Crippen MR) is 86.9 cm³/mol. The molecule has 1 fully saturated rings. The van der Waals surface area contributed by atoms with Gasteiger partial charge in [-0.05, 0) is 49.4 Å². The van der Waals surface area contributed by atoms with Gasteiger partial charge >= 0.3 is 0 Å². The van der Waals surface area contributed by atoms with E-state index in [-0.39, 0.29) is 5.92 Å². The summed E-state index contributed by atoms with van der Waals surface area (Å²) in [5.74, 6) is 2.17. The maximum Gasteiger partial charge on any atom is 0.165 e. The Hall–Kier alpha value is -1.31. The minimum atomic E-state index is 0.232. The zero-order valence-corrected chi connectivity index (χ0v) is 13.4. The Morgan fingerprint density at radius 3 is 2.62 bits per heavy atom. The molecular weight excluding hydrogens is 260 g/mol. The Bertz CT molecular complexity index is 435. The minimum absolute atomic E-state index is 0.232. The van der Waals surface area contributed by atoms with Crippen molar-refractivity contribution < 1.29 is 9.53 Å². The molecule has 0 spiro atoms. The van der Waals surface area contributed by atoms with E-state index in [0.29, 0.717) is 5.78 Å². The van der Waals surface area contributed by atoms with E-state index in [9.17, 15) is 4.79 Å². The second kappa shape index (κ2) is 8.21. The minimum Gasteiger partial charge on any atom is -0.494 e. The van der Waals surface area contributed by atoms with E-state index >= 15 is 0 Å². The molecule has 2 rings (SSSR count). The van der Waals surface area contributed by atoms with E-state index in [2.05, 4.69) is 13.8 Å². The zero-order chi connectivity index (χ0) is 15.1. The van der Waals surface area contributed by atoms with E-state index in [4.69, 9.17) is 4.74 Å². The van der Waals surface area contributed by atoms with Crippen LogP contribution in [0.3, 0.4) is 0 Å². The first-order chi connectivity index (χ1) is 10.2. The molecule has 2 atom stereocenters. The molecule has 2 unspecified atom stereocenters. The molecule has 2 nitrogen and oxygen atoms in total. The van der Waals surface area contributed by atoms with Crippen molar-refractivity contribution in [3.63, 3.8) is 0 Å². The van der Waals surface area contributed by atoms with Gasteiger partial charge in [0.1, 0.15) is 5.75 Å². The third-order valence-corrected chi connectivity index (χ3v) is 4.64. The van der Waals surface area contributed by atoms with Crippen molar-refractivity contribution in [3.8, 4) is 5.75 Å². The van der Waals surface area contributed by atoms with Crippen LogP contribution in [0.5, 0.6) is 5.75 Å². The third-order valence-electron chi connectivity index (χ3n) is 4.64. The van der Waals surface area contributed by atoms with E-state index in [1.54, 1.807) is 0 Å². The summed E-state index contributed by atoms with van der Waals surface area (Å²) in [5.41, 5.74) is 0.847. The first kappa shape index (κ1) is 16.1. The van der Waals surface area contributed by atoms with Gasteiger partial charge in [-0.3, -0.25) is 4.79 Å². The van der Waals surface area contributed by atoms with Crippen LogP contribution in [-0.2, 0) is 0 Å². The Labute approximate surface area is 128 Å². The van der Waals surface area contributed by atoms with Crippen molar-refractivity contribution in [3.05, 3.63) is 29.8 Å². The van der Waals surface area contributed by atoms with Crippen molar-refractivity contribution in [1.29, 1.82) is 0 Å². The summed E-state index contributed by atoms with van der Waals surface area (Å²) < 4.78 is 5.65. The van der Waals surface area contributed by atoms with Crippen LogP contribution in [0.1, 0.15) is 69.2 Å². The normalized spacial score (nSPS) is 22.0. The number of rotatable bonds is 7. The van der Waals surface area contributed by atoms with Gasteiger partial charge in [0.05, 0.1) is 6.61 Å². The summed E-state index contributed by atoms with van der Waals surface area (Å²) in [6.45, 7) is 5.14. The number of hydrogen-bond acceptors (Lipinski definition) is 2. The fraction of sp³-hybridized carbons (Fsp3) is 0.632. The average Bonchev–Trinajstić information content (AvgIpc) is 2.55. The summed E-state index contributed by atoms with van der Waals surface area (Å²) in [7, 11) is 0. The highest BCUT2D eigenvalue weighted by Gasteiger charge is 2.26. The quantitative estimate of drug-likeness (QED) is 0.505. The van der Waals surface area contributed by atoms with Crippen LogP contribution in [0, 0.1) is 11.8 Å². The fourth-order valence-corrected chi connectivity index (χ4v) is 3.19. The predicted octanol–water partition coefficient (Wildman–Crippen LogP) is 5.26. The number of hydrogen-bond donors (Lipinski definition) is 0. The average molecular weight is 288 g/mol. The van der Waals surface area contributed by atoms with Gasteiger partial charge in [-0.1, -0.05) is 39.5 Å². The number of ketones is 1. The molecule has 1 aliphatic rings. The molecule has 0 aromatic heterocycles. The Morgan fingerprint density at radius 2 is 1.95 bits per heavy atom. The lowest BCUT2D eigenvalue weighted by Crippen LogP contribution is -2.22. The number of carbonyl (C=O) groups excluding carboxylic acids is 1. The summed E-state index contributed by atoms with van der Waals surface area (Å²) >= 11 is 0. The molecule has 116 valence electrons. The first-order valence-corrected chi connectivity index (χ1v) is 8.51. The molecule has 1 aliphatic carbocycles. The first-order valence-electron chi connectivity index (χ1n) is 8.51. The van der Waals surface area contributed by atoms with Gasteiger partial charge in [0.2, 0.25) is 0 Å². The van der Waals surface area contributed by atoms with Crippen molar-refractivity contribution in [2.24, 2.45) is 11.8 Å². The van der Waals surface area contributed by atoms with Crippen LogP contribution < -0.4 is 4.74 Å². The Kier molecular flexibility index (Phi) is 6.28. The van der Waals surface area contributed by atoms with Crippen molar-refractivity contribution in [2.75, 3.05) is 6.61 Å². The molecule has 1 saturated carbocycles. The van der Waals surface area contributed by atoms with Crippen LogP contribution >= 0.6 is 0 Å². The van der Waals surface area contributed by atoms with E-state index in [1.807, 2.05) is 24.3 Å². The maximum atomic E-state index is 12.6. The van der Waals surface area contributed by atoms with Gasteiger partial charge in [-0.2, -0.15) is 0 Å². The molecular formula is C19H28O2. The van der Waals surface area contributed by atoms with Gasteiger partial charge in [0.25, 0.3) is 0 Å². The van der Waals surface area contributed by atoms with Crippen LogP contribution in [0.25, 0.3) is 0 Å². The second-order valence-corrected chi connectivity index (χ2v) is 6.23. The molecule has 0 bridgehead atoms. The van der Waals surface area contributed by atoms with Crippen LogP contribution in [-0.4, -0.2) is 12.4 Å². The number of benzene rings is 1. The van der Waals surface area contributed by atoms with Gasteiger partial charge in [0.15, 0.2) is 5.78 Å². The molecule has 1 aromatic rings. The van der Waals surface area contributed by atoms with Gasteiger partial charge in [0, 0.05) is 11.5 Å². The highest BCUT2D eigenvalue weighted by molar-refractivity contribution is 5.98. The molecule has 0 aliphatic heterocycles. The third kappa shape index (κ3) is 4.59. The summed E-state index contributed by atoms with van der Waals surface area (Å²) in [5, 5.41) is 0. The highest BCUT2D eigenvalue weighted by atomic mass is 16.5. The Morgan fingerprint density at radius 1 is 1.19 bits per heavy atom. The standard InChI is InChI=1S/C19H28O2/c1-3-5-13-21-18-11-9-16(10-12-18)19(20)17-8-6-7-15(4-2)14-17/h9-12,15,17H,3-8,13-14H2,1-2H3. The molecule has 0 radical (unpaired) electrons. The lowest BCUT2D eigenvalue weighted by atomic mass is 9.77. The topological polar surface area (TPSA) is 26.3 Å². The van der Waals surface area contributed by atoms with Crippen molar-refractivity contribution >= 4 is 5.78 Å². The SMILES string of the molecule is CCCCOc1ccc(C(=O)C2CCCC(CC)C2)cc1. The number of ether oxygens (including phenoxy) is 1. The monoisotopic (exact) mass is 288 g/mol. The second-order valence-electron chi connectivity index (χ2n) is 6.23. The smallest absolute Gasteiger partial charge is 0.165 e. The number of Topliss-reactive ketones (excluding diaryl/α,β-unsaturated/α-hetero) is 1. The summed E-state index contributed by atoms with van der Waals surface area (Å²) in [6, 6.07) is 7.73. The van der Waals surface area contributed by atoms with E-state index < -0.39 is 0 Å². The van der Waals surface area contributed by atoms with Crippen molar-refractivity contribution in [2.45, 2.75) is 58.8 Å². The molecule has 0 amide bonds. The lowest BCUT2D eigenvalue weighted by molar-refractivity contribution is 0.0862. The largest absolute Gasteiger partial charge is 0.494 e. The van der Waals surface area contributed by atoms with Crippen LogP contribution in [0.15, 0.2) is 24.3 Å².